The van der Waals surface area contributed by atoms with Crippen molar-refractivity contribution in [2.24, 2.45) is 0 Å². The normalized spacial score (nSPS) is 11.1. The average Bonchev–Trinajstić information content (AvgIpc) is 3.59. The second-order valence-corrected chi connectivity index (χ2v) is 9.06. The van der Waals surface area contributed by atoms with Crippen LogP contribution in [0.1, 0.15) is 0 Å². The average molecular weight is 449 g/mol. The van der Waals surface area contributed by atoms with Crippen LogP contribution in [-0.2, 0) is 0 Å². The van der Waals surface area contributed by atoms with Crippen molar-refractivity contribution in [3.63, 3.8) is 0 Å². The van der Waals surface area contributed by atoms with Gasteiger partial charge >= 0.3 is 0 Å². The minimum atomic E-state index is 0.902. The van der Waals surface area contributed by atoms with E-state index in [1.54, 1.807) is 22.7 Å². The number of rotatable bonds is 4. The Morgan fingerprint density at radius 2 is 0.969 bits per heavy atom. The van der Waals surface area contributed by atoms with Gasteiger partial charge in [-0.05, 0) is 47.2 Å². The van der Waals surface area contributed by atoms with Gasteiger partial charge in [0, 0.05) is 34.3 Å². The number of thiazole rings is 2. The zero-order valence-electron chi connectivity index (χ0n) is 16.8. The highest BCUT2D eigenvalue weighted by atomic mass is 32.1. The lowest BCUT2D eigenvalue weighted by molar-refractivity contribution is 1.29. The van der Waals surface area contributed by atoms with Crippen LogP contribution in [0.4, 0.5) is 0 Å². The van der Waals surface area contributed by atoms with Crippen LogP contribution in [0.5, 0.6) is 0 Å². The Labute approximate surface area is 193 Å². The molecule has 0 radical (unpaired) electrons. The molecule has 0 aliphatic carbocycles. The highest BCUT2D eigenvalue weighted by molar-refractivity contribution is 7.13. The molecule has 6 rings (SSSR count). The molecule has 152 valence electrons. The molecule has 0 saturated carbocycles. The predicted octanol–water partition coefficient (Wildman–Crippen LogP) is 7.21. The van der Waals surface area contributed by atoms with E-state index in [4.69, 9.17) is 9.97 Å². The molecule has 4 aromatic heterocycles. The quantitative estimate of drug-likeness (QED) is 0.286. The molecule has 6 aromatic rings. The molecule has 0 N–H and O–H groups in total. The Hall–Kier alpha value is -3.74. The summed E-state index contributed by atoms with van der Waals surface area (Å²) in [6.45, 7) is 0. The van der Waals surface area contributed by atoms with Crippen molar-refractivity contribution in [2.45, 2.75) is 0 Å². The Bertz CT molecular complexity index is 1410. The Balaban J connectivity index is 1.36. The third-order valence-electron chi connectivity index (χ3n) is 5.23. The van der Waals surface area contributed by atoms with E-state index in [-0.39, 0.29) is 0 Å². The lowest BCUT2D eigenvalue weighted by Gasteiger charge is -2.08. The van der Waals surface area contributed by atoms with Crippen molar-refractivity contribution in [3.8, 4) is 43.9 Å². The summed E-state index contributed by atoms with van der Waals surface area (Å²) in [6, 6.07) is 25.1. The van der Waals surface area contributed by atoms with Gasteiger partial charge in [0.25, 0.3) is 0 Å². The summed E-state index contributed by atoms with van der Waals surface area (Å²) in [5.74, 6) is 0. The van der Waals surface area contributed by atoms with Gasteiger partial charge in [-0.1, -0.05) is 36.4 Å². The van der Waals surface area contributed by atoms with Crippen molar-refractivity contribution < 1.29 is 0 Å². The van der Waals surface area contributed by atoms with Gasteiger partial charge in [-0.15, -0.1) is 22.7 Å². The van der Waals surface area contributed by atoms with Gasteiger partial charge in [0.1, 0.15) is 10.0 Å². The Morgan fingerprint density at radius 1 is 0.500 bits per heavy atom. The van der Waals surface area contributed by atoms with Gasteiger partial charge in [-0.2, -0.15) is 0 Å². The van der Waals surface area contributed by atoms with Gasteiger partial charge in [0.05, 0.1) is 22.8 Å². The minimum Gasteiger partial charge on any atom is -0.245 e. The molecule has 0 aliphatic heterocycles. The highest BCUT2D eigenvalue weighted by Gasteiger charge is 2.09. The molecule has 0 amide bonds. The van der Waals surface area contributed by atoms with E-state index in [2.05, 4.69) is 46.4 Å². The number of nitrogens with zero attached hydrogens (tertiary/aromatic N) is 4. The molecule has 0 fully saturated rings. The molecular formula is C26H16N4S2. The van der Waals surface area contributed by atoms with Crippen LogP contribution in [0.15, 0.2) is 96.0 Å². The smallest absolute Gasteiger partial charge is 0.141 e. The first-order chi connectivity index (χ1) is 15.8. The van der Waals surface area contributed by atoms with E-state index in [0.717, 1.165) is 43.9 Å². The maximum atomic E-state index is 4.82. The highest BCUT2D eigenvalue weighted by Crippen LogP contribution is 2.30. The third kappa shape index (κ3) is 3.60. The van der Waals surface area contributed by atoms with Crippen molar-refractivity contribution >= 4 is 33.4 Å². The fourth-order valence-corrected chi connectivity index (χ4v) is 4.91. The molecule has 0 saturated heterocycles. The first kappa shape index (κ1) is 19.0. The van der Waals surface area contributed by atoms with Gasteiger partial charge in [0.2, 0.25) is 0 Å². The van der Waals surface area contributed by atoms with Crippen LogP contribution in [0.2, 0.25) is 0 Å². The van der Waals surface area contributed by atoms with E-state index < -0.39 is 0 Å². The number of fused-ring (bicyclic) bond motifs is 1. The van der Waals surface area contributed by atoms with Gasteiger partial charge < -0.3 is 0 Å². The number of benzene rings is 2. The summed E-state index contributed by atoms with van der Waals surface area (Å²) in [7, 11) is 0. The molecular weight excluding hydrogens is 432 g/mol. The lowest BCUT2D eigenvalue weighted by atomic mass is 10.0. The van der Waals surface area contributed by atoms with Crippen LogP contribution < -0.4 is 0 Å². The first-order valence-electron chi connectivity index (χ1n) is 10.1. The molecule has 2 aromatic carbocycles. The topological polar surface area (TPSA) is 51.6 Å². The van der Waals surface area contributed by atoms with E-state index >= 15 is 0 Å². The van der Waals surface area contributed by atoms with Gasteiger partial charge in [-0.3, -0.25) is 0 Å². The van der Waals surface area contributed by atoms with Crippen molar-refractivity contribution in [1.29, 1.82) is 0 Å². The van der Waals surface area contributed by atoms with Crippen LogP contribution in [-0.4, -0.2) is 19.9 Å². The zero-order valence-corrected chi connectivity index (χ0v) is 18.5. The molecule has 4 nitrogen and oxygen atoms in total. The summed E-state index contributed by atoms with van der Waals surface area (Å²) in [6.07, 6.45) is 3.62. The number of hydrogen-bond donors (Lipinski definition) is 0. The summed E-state index contributed by atoms with van der Waals surface area (Å²) in [4.78, 5) is 18.4. The SMILES string of the molecule is c1cc(-c2ccc3cc(-c4cccc(-c5nccs5)n4)ccc3c2)nc(-c2nccs2)c1. The molecule has 0 aliphatic rings. The summed E-state index contributed by atoms with van der Waals surface area (Å²) >= 11 is 3.20. The number of aromatic nitrogens is 4. The Morgan fingerprint density at radius 3 is 1.41 bits per heavy atom. The number of pyridine rings is 2. The Kier molecular flexibility index (Phi) is 4.79. The van der Waals surface area contributed by atoms with Gasteiger partial charge in [0.15, 0.2) is 0 Å². The van der Waals surface area contributed by atoms with Crippen LogP contribution >= 0.6 is 22.7 Å². The molecule has 6 heteroatoms. The van der Waals surface area contributed by atoms with Crippen molar-refractivity contribution in [3.05, 3.63) is 96.0 Å². The van der Waals surface area contributed by atoms with Gasteiger partial charge in [-0.25, -0.2) is 19.9 Å². The minimum absolute atomic E-state index is 0.902. The first-order valence-corrected chi connectivity index (χ1v) is 11.9. The van der Waals surface area contributed by atoms with E-state index in [1.807, 2.05) is 59.6 Å². The second-order valence-electron chi connectivity index (χ2n) is 7.27. The summed E-state index contributed by atoms with van der Waals surface area (Å²) in [5.41, 5.74) is 5.88. The molecule has 32 heavy (non-hydrogen) atoms. The molecule has 0 unspecified atom stereocenters. The predicted molar refractivity (Wildman–Crippen MR) is 133 cm³/mol. The van der Waals surface area contributed by atoms with Crippen LogP contribution in [0.3, 0.4) is 0 Å². The van der Waals surface area contributed by atoms with Crippen molar-refractivity contribution in [1.82, 2.24) is 19.9 Å². The summed E-state index contributed by atoms with van der Waals surface area (Å²) in [5, 5.41) is 8.15. The summed E-state index contributed by atoms with van der Waals surface area (Å²) < 4.78 is 0. The standard InChI is InChI=1S/C26H16N4S2/c1-3-21(29-23(5-1)25-27-11-13-31-25)19-9-7-18-16-20(10-8-17(18)15-19)22-4-2-6-24(30-22)26-28-12-14-32-26/h1-16H. The monoisotopic (exact) mass is 448 g/mol. The molecule has 0 atom stereocenters. The molecule has 0 spiro atoms. The second kappa shape index (κ2) is 8.07. The lowest BCUT2D eigenvalue weighted by Crippen LogP contribution is -1.89. The van der Waals surface area contributed by atoms with Crippen LogP contribution in [0, 0.1) is 0 Å². The maximum absolute atomic E-state index is 4.82. The van der Waals surface area contributed by atoms with Crippen LogP contribution in [0.25, 0.3) is 54.7 Å². The van der Waals surface area contributed by atoms with E-state index in [1.165, 1.54) is 10.8 Å². The fraction of sp³-hybridized carbons (Fsp3) is 0. The van der Waals surface area contributed by atoms with Crippen molar-refractivity contribution in [2.75, 3.05) is 0 Å². The fourth-order valence-electron chi connectivity index (χ4n) is 3.69. The maximum Gasteiger partial charge on any atom is 0.141 e. The van der Waals surface area contributed by atoms with E-state index in [9.17, 15) is 0 Å². The molecule has 0 bridgehead atoms. The molecule has 4 heterocycles. The third-order valence-corrected chi connectivity index (χ3v) is 6.82. The van der Waals surface area contributed by atoms with E-state index in [0.29, 0.717) is 0 Å². The largest absolute Gasteiger partial charge is 0.245 e. The number of hydrogen-bond acceptors (Lipinski definition) is 6. The zero-order chi connectivity index (χ0) is 21.3.